The number of pyridine rings is 1. The number of halogens is 2. The average molecular weight is 374 g/mol. The number of H-pyrrole nitrogens is 1. The van der Waals surface area contributed by atoms with E-state index in [9.17, 15) is 4.79 Å². The molecular weight excluding hydrogens is 361 g/mol. The summed E-state index contributed by atoms with van der Waals surface area (Å²) in [5, 5.41) is 4.64. The van der Waals surface area contributed by atoms with Crippen molar-refractivity contribution in [3.05, 3.63) is 52.3 Å². The third kappa shape index (κ3) is 2.83. The summed E-state index contributed by atoms with van der Waals surface area (Å²) in [6, 6.07) is 7.18. The first-order valence-corrected chi connectivity index (χ1v) is 8.31. The largest absolute Gasteiger partial charge is 0.346 e. The highest BCUT2D eigenvalue weighted by molar-refractivity contribution is 6.42. The number of aromatic nitrogens is 4. The monoisotopic (exact) mass is 373 g/mol. The number of hydrogen-bond acceptors (Lipinski definition) is 3. The molecule has 0 saturated heterocycles. The van der Waals surface area contributed by atoms with Crippen LogP contribution in [0.3, 0.4) is 0 Å². The topological polar surface area (TPSA) is 75.6 Å². The lowest BCUT2D eigenvalue weighted by atomic mass is 10.1. The molecule has 4 rings (SSSR count). The van der Waals surface area contributed by atoms with Crippen molar-refractivity contribution in [1.82, 2.24) is 19.5 Å². The molecule has 25 heavy (non-hydrogen) atoms. The third-order valence-electron chi connectivity index (χ3n) is 4.06. The molecule has 0 saturated carbocycles. The number of benzene rings is 1. The molecular formula is C17H13Cl2N5O. The van der Waals surface area contributed by atoms with Crippen LogP contribution in [0.4, 0.5) is 5.95 Å². The number of hydrogen-bond donors (Lipinski definition) is 2. The van der Waals surface area contributed by atoms with E-state index >= 15 is 0 Å². The molecule has 1 amide bonds. The standard InChI is InChI=1S/C17H13Cl2N5O/c1-24-14-7-12(19)11(18)6-13(14)22-17(24)23-15(25)5-9-8-21-16-10(9)3-2-4-20-16/h2-4,6-8H,5H2,1H3,(H,20,21)(H,22,23,25). The normalized spacial score (nSPS) is 11.3. The van der Waals surface area contributed by atoms with Gasteiger partial charge in [0.25, 0.3) is 0 Å². The first-order chi connectivity index (χ1) is 12.0. The second kappa shape index (κ2) is 6.06. The zero-order valence-electron chi connectivity index (χ0n) is 13.2. The van der Waals surface area contributed by atoms with Gasteiger partial charge in [-0.2, -0.15) is 0 Å². The minimum absolute atomic E-state index is 0.166. The Balaban J connectivity index is 1.60. The van der Waals surface area contributed by atoms with Gasteiger partial charge in [0.1, 0.15) is 5.65 Å². The van der Waals surface area contributed by atoms with E-state index in [2.05, 4.69) is 20.3 Å². The zero-order valence-corrected chi connectivity index (χ0v) is 14.7. The lowest BCUT2D eigenvalue weighted by Gasteiger charge is -2.05. The van der Waals surface area contributed by atoms with Crippen LogP contribution in [0.1, 0.15) is 5.56 Å². The summed E-state index contributed by atoms with van der Waals surface area (Å²) in [5.74, 6) is 0.275. The molecule has 0 atom stereocenters. The summed E-state index contributed by atoms with van der Waals surface area (Å²) in [4.78, 5) is 24.1. The van der Waals surface area contributed by atoms with Crippen molar-refractivity contribution in [2.24, 2.45) is 7.05 Å². The zero-order chi connectivity index (χ0) is 17.6. The van der Waals surface area contributed by atoms with Gasteiger partial charge in [-0.05, 0) is 29.8 Å². The predicted octanol–water partition coefficient (Wildman–Crippen LogP) is 3.94. The van der Waals surface area contributed by atoms with E-state index in [1.165, 1.54) is 0 Å². The van der Waals surface area contributed by atoms with E-state index in [1.54, 1.807) is 29.1 Å². The smallest absolute Gasteiger partial charge is 0.231 e. The fourth-order valence-corrected chi connectivity index (χ4v) is 3.12. The quantitative estimate of drug-likeness (QED) is 0.570. The molecule has 0 aliphatic carbocycles. The number of imidazole rings is 1. The average Bonchev–Trinajstić information content (AvgIpc) is 3.11. The Kier molecular flexibility index (Phi) is 3.86. The van der Waals surface area contributed by atoms with Crippen molar-refractivity contribution < 1.29 is 4.79 Å². The van der Waals surface area contributed by atoms with Crippen LogP contribution in [-0.2, 0) is 18.3 Å². The van der Waals surface area contributed by atoms with E-state index in [-0.39, 0.29) is 12.3 Å². The van der Waals surface area contributed by atoms with Crippen LogP contribution in [-0.4, -0.2) is 25.4 Å². The molecule has 8 heteroatoms. The molecule has 2 N–H and O–H groups in total. The number of amides is 1. The third-order valence-corrected chi connectivity index (χ3v) is 4.78. The van der Waals surface area contributed by atoms with Crippen LogP contribution in [0.15, 0.2) is 36.7 Å². The van der Waals surface area contributed by atoms with E-state index in [4.69, 9.17) is 23.2 Å². The fraction of sp³-hybridized carbons (Fsp3) is 0.118. The van der Waals surface area contributed by atoms with Gasteiger partial charge in [-0.1, -0.05) is 23.2 Å². The van der Waals surface area contributed by atoms with Crippen LogP contribution in [0.25, 0.3) is 22.1 Å². The molecule has 0 fully saturated rings. The maximum absolute atomic E-state index is 12.4. The number of aromatic amines is 1. The van der Waals surface area contributed by atoms with Gasteiger partial charge in [0.2, 0.25) is 11.9 Å². The second-order valence-corrected chi connectivity index (χ2v) is 6.50. The summed E-state index contributed by atoms with van der Waals surface area (Å²) >= 11 is 12.1. The highest BCUT2D eigenvalue weighted by Crippen LogP contribution is 2.29. The van der Waals surface area contributed by atoms with Gasteiger partial charge >= 0.3 is 0 Å². The van der Waals surface area contributed by atoms with Gasteiger partial charge in [0.05, 0.1) is 27.5 Å². The van der Waals surface area contributed by atoms with Gasteiger partial charge in [-0.25, -0.2) is 9.97 Å². The van der Waals surface area contributed by atoms with Crippen LogP contribution < -0.4 is 5.32 Å². The molecule has 1 aromatic carbocycles. The molecule has 0 bridgehead atoms. The molecule has 3 aromatic heterocycles. The Morgan fingerprint density at radius 2 is 2.12 bits per heavy atom. The van der Waals surface area contributed by atoms with Gasteiger partial charge in [-0.15, -0.1) is 0 Å². The summed E-state index contributed by atoms with van der Waals surface area (Å²) in [6.45, 7) is 0. The maximum atomic E-state index is 12.4. The maximum Gasteiger partial charge on any atom is 0.231 e. The number of fused-ring (bicyclic) bond motifs is 2. The molecule has 126 valence electrons. The van der Waals surface area contributed by atoms with E-state index < -0.39 is 0 Å². The van der Waals surface area contributed by atoms with E-state index in [0.29, 0.717) is 21.5 Å². The first kappa shape index (κ1) is 15.9. The number of carbonyl (C=O) groups excluding carboxylic acids is 1. The SMILES string of the molecule is Cn1c(NC(=O)Cc2c[nH]c3ncccc23)nc2cc(Cl)c(Cl)cc21. The predicted molar refractivity (Wildman–Crippen MR) is 99.2 cm³/mol. The van der Waals surface area contributed by atoms with Gasteiger partial charge in [-0.3, -0.25) is 10.1 Å². The summed E-state index contributed by atoms with van der Waals surface area (Å²) in [5.41, 5.74) is 3.10. The summed E-state index contributed by atoms with van der Waals surface area (Å²) in [6.07, 6.45) is 3.72. The minimum Gasteiger partial charge on any atom is -0.346 e. The second-order valence-electron chi connectivity index (χ2n) is 5.69. The van der Waals surface area contributed by atoms with Gasteiger partial charge in [0, 0.05) is 24.8 Å². The van der Waals surface area contributed by atoms with Crippen molar-refractivity contribution >= 4 is 57.1 Å². The first-order valence-electron chi connectivity index (χ1n) is 7.55. The fourth-order valence-electron chi connectivity index (χ4n) is 2.80. The van der Waals surface area contributed by atoms with Gasteiger partial charge in [0.15, 0.2) is 0 Å². The molecule has 0 unspecified atom stereocenters. The molecule has 3 heterocycles. The Morgan fingerprint density at radius 3 is 2.96 bits per heavy atom. The molecule has 4 aromatic rings. The number of nitrogens with one attached hydrogen (secondary N) is 2. The Bertz CT molecular complexity index is 1120. The molecule has 0 aliphatic rings. The van der Waals surface area contributed by atoms with E-state index in [0.717, 1.165) is 22.1 Å². The number of nitrogens with zero attached hydrogens (tertiary/aromatic N) is 3. The van der Waals surface area contributed by atoms with Crippen LogP contribution in [0, 0.1) is 0 Å². The van der Waals surface area contributed by atoms with Crippen molar-refractivity contribution in [3.8, 4) is 0 Å². The number of anilines is 1. The summed E-state index contributed by atoms with van der Waals surface area (Å²) in [7, 11) is 1.81. The molecule has 0 radical (unpaired) electrons. The van der Waals surface area contributed by atoms with Crippen molar-refractivity contribution in [2.75, 3.05) is 5.32 Å². The lowest BCUT2D eigenvalue weighted by molar-refractivity contribution is -0.115. The molecule has 6 nitrogen and oxygen atoms in total. The van der Waals surface area contributed by atoms with E-state index in [1.807, 2.05) is 19.2 Å². The van der Waals surface area contributed by atoms with Crippen LogP contribution in [0.5, 0.6) is 0 Å². The Morgan fingerprint density at radius 1 is 1.32 bits per heavy atom. The van der Waals surface area contributed by atoms with Crippen molar-refractivity contribution in [2.45, 2.75) is 6.42 Å². The number of rotatable bonds is 3. The molecule has 0 spiro atoms. The highest BCUT2D eigenvalue weighted by Gasteiger charge is 2.14. The van der Waals surface area contributed by atoms with Gasteiger partial charge < -0.3 is 9.55 Å². The summed E-state index contributed by atoms with van der Waals surface area (Å²) < 4.78 is 1.77. The highest BCUT2D eigenvalue weighted by atomic mass is 35.5. The number of carbonyl (C=O) groups is 1. The number of aryl methyl sites for hydroxylation is 1. The lowest BCUT2D eigenvalue weighted by Crippen LogP contribution is -2.17. The Hall–Kier alpha value is -2.57. The van der Waals surface area contributed by atoms with Crippen LogP contribution >= 0.6 is 23.2 Å². The molecule has 0 aliphatic heterocycles. The minimum atomic E-state index is -0.166. The Labute approximate surface area is 152 Å². The van der Waals surface area contributed by atoms with Crippen LogP contribution in [0.2, 0.25) is 10.0 Å². The van der Waals surface area contributed by atoms with Crippen molar-refractivity contribution in [3.63, 3.8) is 0 Å². The van der Waals surface area contributed by atoms with Crippen molar-refractivity contribution in [1.29, 1.82) is 0 Å².